The molecule has 2 nitrogen and oxygen atoms in total. The Kier molecular flexibility index (Phi) is 4.52. The highest BCUT2D eigenvalue weighted by molar-refractivity contribution is 5.49. The van der Waals surface area contributed by atoms with Crippen LogP contribution >= 0.6 is 0 Å². The van der Waals surface area contributed by atoms with Gasteiger partial charge in [0.25, 0.3) is 0 Å². The van der Waals surface area contributed by atoms with Gasteiger partial charge < -0.3 is 9.90 Å². The molecule has 2 heteroatoms. The minimum absolute atomic E-state index is 0.471. The molecule has 0 amide bonds. The molecule has 1 aliphatic carbocycles. The molecule has 1 unspecified atom stereocenters. The van der Waals surface area contributed by atoms with Crippen molar-refractivity contribution in [2.24, 2.45) is 5.92 Å². The number of allylic oxidation sites excluding steroid dienone is 2. The summed E-state index contributed by atoms with van der Waals surface area (Å²) in [6.45, 7) is 3.99. The lowest BCUT2D eigenvalue weighted by Crippen LogP contribution is -2.26. The number of hydrogen-bond acceptors (Lipinski definition) is 2. The van der Waals surface area contributed by atoms with Gasteiger partial charge in [0.2, 0.25) is 0 Å². The quantitative estimate of drug-likeness (QED) is 0.518. The van der Waals surface area contributed by atoms with Gasteiger partial charge in [0.1, 0.15) is 6.29 Å². The van der Waals surface area contributed by atoms with E-state index in [1.54, 1.807) is 0 Å². The van der Waals surface area contributed by atoms with E-state index in [4.69, 9.17) is 0 Å². The van der Waals surface area contributed by atoms with E-state index >= 15 is 0 Å². The molecule has 86 valence electrons. The summed E-state index contributed by atoms with van der Waals surface area (Å²) >= 11 is 0. The van der Waals surface area contributed by atoms with Crippen LogP contribution < -0.4 is 0 Å². The van der Waals surface area contributed by atoms with E-state index in [1.807, 2.05) is 6.92 Å². The molecular formula is C13H22O2. The van der Waals surface area contributed by atoms with Gasteiger partial charge in [-0.1, -0.05) is 11.6 Å². The van der Waals surface area contributed by atoms with Gasteiger partial charge in [0, 0.05) is 6.42 Å². The third-order valence-electron chi connectivity index (χ3n) is 3.26. The second-order valence-electron chi connectivity index (χ2n) is 4.93. The Bertz CT molecular complexity index is 237. The molecule has 0 aromatic heterocycles. The predicted molar refractivity (Wildman–Crippen MR) is 61.6 cm³/mol. The number of aldehydes is 1. The monoisotopic (exact) mass is 210 g/mol. The van der Waals surface area contributed by atoms with E-state index in [0.717, 1.165) is 25.5 Å². The van der Waals surface area contributed by atoms with Gasteiger partial charge in [-0.25, -0.2) is 0 Å². The lowest BCUT2D eigenvalue weighted by atomic mass is 9.94. The first-order valence-corrected chi connectivity index (χ1v) is 5.88. The Labute approximate surface area is 92.4 Å². The Morgan fingerprint density at radius 3 is 2.67 bits per heavy atom. The second kappa shape index (κ2) is 5.45. The zero-order valence-corrected chi connectivity index (χ0v) is 9.83. The van der Waals surface area contributed by atoms with E-state index in [-0.39, 0.29) is 0 Å². The first-order chi connectivity index (χ1) is 7.06. The molecule has 0 spiro atoms. The van der Waals surface area contributed by atoms with Gasteiger partial charge >= 0.3 is 0 Å². The van der Waals surface area contributed by atoms with E-state index < -0.39 is 5.60 Å². The van der Waals surface area contributed by atoms with Crippen molar-refractivity contribution in [2.45, 2.75) is 58.0 Å². The zero-order valence-electron chi connectivity index (χ0n) is 9.83. The highest BCUT2D eigenvalue weighted by Gasteiger charge is 2.38. The van der Waals surface area contributed by atoms with E-state index in [0.29, 0.717) is 12.3 Å². The largest absolute Gasteiger partial charge is 0.390 e. The molecule has 0 heterocycles. The molecular weight excluding hydrogens is 188 g/mol. The zero-order chi connectivity index (χ0) is 11.3. The Morgan fingerprint density at radius 1 is 1.47 bits per heavy atom. The summed E-state index contributed by atoms with van der Waals surface area (Å²) in [7, 11) is 0. The summed E-state index contributed by atoms with van der Waals surface area (Å²) in [6, 6.07) is 0. The molecule has 0 saturated heterocycles. The fourth-order valence-corrected chi connectivity index (χ4v) is 1.91. The minimum atomic E-state index is -0.471. The smallest absolute Gasteiger partial charge is 0.120 e. The minimum Gasteiger partial charge on any atom is -0.390 e. The van der Waals surface area contributed by atoms with Crippen LogP contribution in [-0.4, -0.2) is 17.0 Å². The summed E-state index contributed by atoms with van der Waals surface area (Å²) in [5, 5.41) is 10.1. The van der Waals surface area contributed by atoms with Gasteiger partial charge in [-0.15, -0.1) is 0 Å². The molecule has 0 radical (unpaired) electrons. The number of rotatable bonds is 7. The highest BCUT2D eigenvalue weighted by Crippen LogP contribution is 2.41. The summed E-state index contributed by atoms with van der Waals surface area (Å²) in [5.41, 5.74) is 0.787. The summed E-state index contributed by atoms with van der Waals surface area (Å²) in [5.74, 6) is 0.529. The molecule has 1 saturated carbocycles. The predicted octanol–water partition coefficient (Wildman–Crippen LogP) is 2.85. The SMILES string of the molecule is C/C(=C\CCC(C)(O)C1CC1)CCC=O. The normalized spacial score (nSPS) is 21.1. The number of aliphatic hydroxyl groups is 1. The standard InChI is InChI=1S/C13H22O2/c1-11(6-4-10-14)5-3-9-13(2,15)12-7-8-12/h5,10,12,15H,3-4,6-9H2,1-2H3/b11-5+. The van der Waals surface area contributed by atoms with Crippen LogP contribution in [0, 0.1) is 5.92 Å². The van der Waals surface area contributed by atoms with Crippen molar-refractivity contribution in [3.63, 3.8) is 0 Å². The average Bonchev–Trinajstić information content (AvgIpc) is 2.97. The van der Waals surface area contributed by atoms with E-state index in [9.17, 15) is 9.90 Å². The molecule has 15 heavy (non-hydrogen) atoms. The Hall–Kier alpha value is -0.630. The first-order valence-electron chi connectivity index (χ1n) is 5.88. The maximum Gasteiger partial charge on any atom is 0.120 e. The van der Waals surface area contributed by atoms with Gasteiger partial charge in [-0.3, -0.25) is 0 Å². The third kappa shape index (κ3) is 4.61. The lowest BCUT2D eigenvalue weighted by Gasteiger charge is -2.22. The molecule has 1 aliphatic rings. The molecule has 0 aromatic carbocycles. The van der Waals surface area contributed by atoms with Crippen molar-refractivity contribution in [1.82, 2.24) is 0 Å². The van der Waals surface area contributed by atoms with Crippen molar-refractivity contribution < 1.29 is 9.90 Å². The van der Waals surface area contributed by atoms with Crippen LogP contribution in [0.5, 0.6) is 0 Å². The molecule has 1 atom stereocenters. The molecule has 1 fully saturated rings. The summed E-state index contributed by atoms with van der Waals surface area (Å²) in [6.07, 6.45) is 8.71. The topological polar surface area (TPSA) is 37.3 Å². The molecule has 1 rings (SSSR count). The molecule has 1 N–H and O–H groups in total. The van der Waals surface area contributed by atoms with Gasteiger partial charge in [-0.05, 0) is 51.9 Å². The molecule has 0 aliphatic heterocycles. The number of carbonyl (C=O) groups excluding carboxylic acids is 1. The van der Waals surface area contributed by atoms with Crippen LogP contribution in [-0.2, 0) is 4.79 Å². The number of carbonyl (C=O) groups is 1. The second-order valence-corrected chi connectivity index (χ2v) is 4.93. The highest BCUT2D eigenvalue weighted by atomic mass is 16.3. The van der Waals surface area contributed by atoms with Crippen LogP contribution in [0.2, 0.25) is 0 Å². The third-order valence-corrected chi connectivity index (χ3v) is 3.26. The van der Waals surface area contributed by atoms with Crippen LogP contribution in [0.15, 0.2) is 11.6 Å². The number of hydrogen-bond donors (Lipinski definition) is 1. The van der Waals surface area contributed by atoms with Crippen LogP contribution in [0.1, 0.15) is 52.4 Å². The van der Waals surface area contributed by atoms with E-state index in [1.165, 1.54) is 18.4 Å². The van der Waals surface area contributed by atoms with Crippen molar-refractivity contribution >= 4 is 6.29 Å². The molecule has 0 bridgehead atoms. The van der Waals surface area contributed by atoms with Gasteiger partial charge in [0.15, 0.2) is 0 Å². The van der Waals surface area contributed by atoms with Crippen molar-refractivity contribution in [3.05, 3.63) is 11.6 Å². The summed E-state index contributed by atoms with van der Waals surface area (Å²) < 4.78 is 0. The maximum atomic E-state index is 10.2. The van der Waals surface area contributed by atoms with Gasteiger partial charge in [-0.2, -0.15) is 0 Å². The van der Waals surface area contributed by atoms with Crippen LogP contribution in [0.3, 0.4) is 0 Å². The average molecular weight is 210 g/mol. The van der Waals surface area contributed by atoms with Crippen LogP contribution in [0.25, 0.3) is 0 Å². The van der Waals surface area contributed by atoms with Crippen LogP contribution in [0.4, 0.5) is 0 Å². The first kappa shape index (κ1) is 12.4. The fraction of sp³-hybridized carbons (Fsp3) is 0.769. The Balaban J connectivity index is 2.21. The van der Waals surface area contributed by atoms with E-state index in [2.05, 4.69) is 13.0 Å². The van der Waals surface area contributed by atoms with Crippen molar-refractivity contribution in [2.75, 3.05) is 0 Å². The molecule has 0 aromatic rings. The van der Waals surface area contributed by atoms with Crippen molar-refractivity contribution in [3.8, 4) is 0 Å². The Morgan fingerprint density at radius 2 is 2.13 bits per heavy atom. The van der Waals surface area contributed by atoms with Crippen molar-refractivity contribution in [1.29, 1.82) is 0 Å². The summed E-state index contributed by atoms with van der Waals surface area (Å²) in [4.78, 5) is 10.2. The van der Waals surface area contributed by atoms with Gasteiger partial charge in [0.05, 0.1) is 5.60 Å². The lowest BCUT2D eigenvalue weighted by molar-refractivity contribution is -0.107. The fourth-order valence-electron chi connectivity index (χ4n) is 1.91. The maximum absolute atomic E-state index is 10.2.